The third-order valence-electron chi connectivity index (χ3n) is 14.3. The Hall–Kier alpha value is -4.84. The first-order chi connectivity index (χ1) is 38.1. The van der Waals surface area contributed by atoms with Gasteiger partial charge < -0.3 is 30.9 Å². The van der Waals surface area contributed by atoms with E-state index in [2.05, 4.69) is 143 Å². The number of ketones is 1. The predicted octanol–water partition coefficient (Wildman–Crippen LogP) is 17.8. The number of pyridine rings is 1. The first kappa shape index (κ1) is 76.2. The summed E-state index contributed by atoms with van der Waals surface area (Å²) in [6, 6.07) is 17.0. The Morgan fingerprint density at radius 2 is 1.38 bits per heavy atom. The van der Waals surface area contributed by atoms with E-state index in [0.29, 0.717) is 24.2 Å². The molecule has 2 aliphatic heterocycles. The summed E-state index contributed by atoms with van der Waals surface area (Å²) in [6.45, 7) is 47.0. The Labute approximate surface area is 485 Å². The Morgan fingerprint density at radius 3 is 1.86 bits per heavy atom. The smallest absolute Gasteiger partial charge is 0.236 e. The van der Waals surface area contributed by atoms with Crippen molar-refractivity contribution in [1.82, 2.24) is 25.4 Å². The first-order valence-corrected chi connectivity index (χ1v) is 31.0. The molecular weight excluding hydrogens is 982 g/mol. The molecule has 0 radical (unpaired) electrons. The van der Waals surface area contributed by atoms with Crippen LogP contribution in [-0.4, -0.2) is 97.7 Å². The highest BCUT2D eigenvalue weighted by Crippen LogP contribution is 2.37. The molecular formula is C68H118FN7O3. The van der Waals surface area contributed by atoms with E-state index in [1.54, 1.807) is 21.1 Å². The van der Waals surface area contributed by atoms with Crippen LogP contribution in [0.2, 0.25) is 0 Å². The molecule has 4 unspecified atom stereocenters. The molecule has 1 amide bonds. The number of anilines is 2. The first-order valence-electron chi connectivity index (χ1n) is 31.0. The largest absolute Gasteiger partial charge is 0.378 e. The summed E-state index contributed by atoms with van der Waals surface area (Å²) in [5, 5.41) is 12.9. The van der Waals surface area contributed by atoms with Crippen LogP contribution in [0, 0.1) is 12.8 Å². The van der Waals surface area contributed by atoms with E-state index in [-0.39, 0.29) is 35.8 Å². The molecule has 2 aliphatic rings. The number of methoxy groups -OCH3 is 1. The fourth-order valence-corrected chi connectivity index (χ4v) is 9.72. The van der Waals surface area contributed by atoms with Gasteiger partial charge in [-0.25, -0.2) is 4.39 Å². The molecule has 1 saturated heterocycles. The van der Waals surface area contributed by atoms with Crippen molar-refractivity contribution in [2.24, 2.45) is 5.92 Å². The monoisotopic (exact) mass is 1100 g/mol. The van der Waals surface area contributed by atoms with Gasteiger partial charge in [-0.1, -0.05) is 184 Å². The van der Waals surface area contributed by atoms with Crippen LogP contribution in [0.3, 0.4) is 0 Å². The molecule has 2 aromatic carbocycles. The minimum absolute atomic E-state index is 0.0546. The molecule has 4 atom stereocenters. The van der Waals surface area contributed by atoms with Gasteiger partial charge >= 0.3 is 0 Å². The van der Waals surface area contributed by atoms with Gasteiger partial charge in [0.2, 0.25) is 5.91 Å². The lowest BCUT2D eigenvalue weighted by Crippen LogP contribution is -2.45. The molecule has 10 nitrogen and oxygen atoms in total. The number of likely N-dealkylation sites (tertiary alicyclic amines) is 1. The molecule has 1 fully saturated rings. The molecule has 0 spiro atoms. The summed E-state index contributed by atoms with van der Waals surface area (Å²) in [7, 11) is 3.36. The number of Topliss-reactive ketones (excluding diaryl/α,β-unsaturated/α-hetero) is 1. The maximum absolute atomic E-state index is 14.2. The number of carbonyl (C=O) groups excluding carboxylic acids is 2. The average Bonchev–Trinajstić information content (AvgIpc) is 3.94. The second kappa shape index (κ2) is 45.8. The maximum Gasteiger partial charge on any atom is 0.236 e. The van der Waals surface area contributed by atoms with Crippen LogP contribution in [-0.2, 0) is 9.53 Å². The number of aromatic nitrogens is 1. The third-order valence-corrected chi connectivity index (χ3v) is 14.3. The highest BCUT2D eigenvalue weighted by Gasteiger charge is 2.27. The molecule has 3 aromatic rings. The van der Waals surface area contributed by atoms with Crippen molar-refractivity contribution < 1.29 is 18.7 Å². The fraction of sp³-hybridized carbons (Fsp3) is 0.632. The number of hydrogen-bond acceptors (Lipinski definition) is 9. The summed E-state index contributed by atoms with van der Waals surface area (Å²) in [6.07, 6.45) is 18.3. The van der Waals surface area contributed by atoms with Crippen molar-refractivity contribution in [3.63, 3.8) is 0 Å². The van der Waals surface area contributed by atoms with E-state index in [1.807, 2.05) is 85.5 Å². The maximum atomic E-state index is 14.2. The van der Waals surface area contributed by atoms with E-state index in [1.165, 1.54) is 66.0 Å². The van der Waals surface area contributed by atoms with E-state index >= 15 is 0 Å². The lowest BCUT2D eigenvalue weighted by Gasteiger charge is -2.37. The standard InChI is InChI=1S/C34H42N4O2.C17H32FN3O.C9H20.4C2H6/c1-21(23(3)38-17-14-28(15-18-38)27-9-7-26(8-10-27)24(4)39)19-31-22(2)35-16-13-30(31)29-11-12-32-33(20-29)37-34(36-32)25(5)40-6;1-6-10-15(17(22)19-5)20-13-16(14(18)9-4)21(11-7-2)12-8-3;1-4-7-9(6-3)8-5-2;4*1-2/h7-13,16,19-20,23,25,28,34,36-37H,14-15,17-18H2,1-6H3;9,15,20H,4,6-8,10-13H2,1-3,5H3,(H,19,22);9H,4-8H2,1-3H3;4*1-2H3/b21-19+;16-14-;;;;;. The van der Waals surface area contributed by atoms with Crippen LogP contribution in [0.1, 0.15) is 228 Å². The zero-order valence-corrected chi connectivity index (χ0v) is 54.3. The minimum atomic E-state index is -0.318. The summed E-state index contributed by atoms with van der Waals surface area (Å²) in [5.74, 6) is 1.31. The van der Waals surface area contributed by atoms with Crippen molar-refractivity contribution in [3.8, 4) is 11.1 Å². The van der Waals surface area contributed by atoms with Gasteiger partial charge in [-0.15, -0.1) is 0 Å². The fourth-order valence-electron chi connectivity index (χ4n) is 9.72. The number of nitrogens with one attached hydrogen (secondary N) is 4. The van der Waals surface area contributed by atoms with Crippen LogP contribution in [0.4, 0.5) is 15.8 Å². The van der Waals surface area contributed by atoms with Gasteiger partial charge in [-0.2, -0.15) is 0 Å². The molecule has 0 aliphatic carbocycles. The Kier molecular flexibility index (Phi) is 44.2. The lowest BCUT2D eigenvalue weighted by atomic mass is 9.87. The Morgan fingerprint density at radius 1 is 0.823 bits per heavy atom. The van der Waals surface area contributed by atoms with Crippen LogP contribution in [0.15, 0.2) is 84.5 Å². The number of piperidine rings is 1. The molecule has 0 saturated carbocycles. The number of benzene rings is 2. The van der Waals surface area contributed by atoms with Crippen LogP contribution < -0.4 is 21.3 Å². The number of halogens is 1. The van der Waals surface area contributed by atoms with Gasteiger partial charge in [0.05, 0.1) is 29.2 Å². The average molecular weight is 1100 g/mol. The predicted molar refractivity (Wildman–Crippen MR) is 345 cm³/mol. The number of carbonyl (C=O) groups is 2. The van der Waals surface area contributed by atoms with Crippen LogP contribution in [0.25, 0.3) is 17.2 Å². The number of nitrogens with zero attached hydrogens (tertiary/aromatic N) is 3. The molecule has 1 aromatic heterocycles. The number of amides is 1. The normalized spacial score (nSPS) is 15.1. The highest BCUT2D eigenvalue weighted by molar-refractivity contribution is 5.94. The molecule has 0 bridgehead atoms. The van der Waals surface area contributed by atoms with Gasteiger partial charge in [-0.3, -0.25) is 19.5 Å². The minimum Gasteiger partial charge on any atom is -0.378 e. The molecule has 11 heteroatoms. The number of aryl methyl sites for hydroxylation is 1. The number of likely N-dealkylation sites (N-methyl/N-ethyl adjacent to an activating group) is 1. The number of fused-ring (bicyclic) bond motifs is 1. The van der Waals surface area contributed by atoms with Gasteiger partial charge in [0.25, 0.3) is 0 Å². The van der Waals surface area contributed by atoms with Gasteiger partial charge in [0.1, 0.15) is 12.0 Å². The molecule has 5 rings (SSSR count). The summed E-state index contributed by atoms with van der Waals surface area (Å²) >= 11 is 0. The van der Waals surface area contributed by atoms with Crippen molar-refractivity contribution in [2.45, 2.75) is 232 Å². The second-order valence-electron chi connectivity index (χ2n) is 19.6. The number of ether oxygens (including phenoxy) is 1. The molecule has 450 valence electrons. The Balaban J connectivity index is 0. The number of hydrogen-bond donors (Lipinski definition) is 4. The molecule has 3 heterocycles. The lowest BCUT2D eigenvalue weighted by molar-refractivity contribution is -0.122. The topological polar surface area (TPSA) is 111 Å². The molecule has 79 heavy (non-hydrogen) atoms. The van der Waals surface area contributed by atoms with Gasteiger partial charge in [0, 0.05) is 62.9 Å². The number of allylic oxidation sites excluding steroid dienone is 2. The van der Waals surface area contributed by atoms with Crippen LogP contribution in [0.5, 0.6) is 0 Å². The van der Waals surface area contributed by atoms with Gasteiger partial charge in [0.15, 0.2) is 5.78 Å². The quantitative estimate of drug-likeness (QED) is 0.0487. The van der Waals surface area contributed by atoms with Crippen LogP contribution >= 0.6 is 0 Å². The third kappa shape index (κ3) is 26.5. The van der Waals surface area contributed by atoms with Crippen molar-refractivity contribution in [1.29, 1.82) is 0 Å². The summed E-state index contributed by atoms with van der Waals surface area (Å²) in [5.41, 5.74) is 10.9. The van der Waals surface area contributed by atoms with Crippen molar-refractivity contribution in [3.05, 3.63) is 107 Å². The summed E-state index contributed by atoms with van der Waals surface area (Å²) < 4.78 is 19.7. The van der Waals surface area contributed by atoms with E-state index < -0.39 is 0 Å². The number of rotatable bonds is 25. The van der Waals surface area contributed by atoms with E-state index in [0.717, 1.165) is 93.3 Å². The van der Waals surface area contributed by atoms with Gasteiger partial charge in [-0.05, 0) is 133 Å². The van der Waals surface area contributed by atoms with E-state index in [4.69, 9.17) is 4.74 Å². The summed E-state index contributed by atoms with van der Waals surface area (Å²) in [4.78, 5) is 32.8. The van der Waals surface area contributed by atoms with Crippen molar-refractivity contribution >= 4 is 29.1 Å². The molecule has 4 N–H and O–H groups in total. The zero-order chi connectivity index (χ0) is 60.5. The second-order valence-corrected chi connectivity index (χ2v) is 19.6. The zero-order valence-electron chi connectivity index (χ0n) is 54.3. The highest BCUT2D eigenvalue weighted by atomic mass is 19.1. The SMILES string of the molecule is C=C/C(F)=C(\CNC(CCC)C(=O)NC)N(CCC)CCC.CC.CC.CC.CC.CCCC(CC)CCC.COC(C)C1Nc2ccc(-c3ccnc(C)c3/C=C(\C)C(C)N3CCC(c4ccc(C(C)=O)cc4)CC3)cc2N1. The van der Waals surface area contributed by atoms with E-state index in [9.17, 15) is 14.0 Å². The Bertz CT molecular complexity index is 2120. The van der Waals surface area contributed by atoms with Crippen molar-refractivity contribution in [2.75, 3.05) is 57.5 Å².